The van der Waals surface area contributed by atoms with E-state index in [4.69, 9.17) is 4.99 Å². The van der Waals surface area contributed by atoms with E-state index in [1.54, 1.807) is 7.05 Å². The summed E-state index contributed by atoms with van der Waals surface area (Å²) in [4.78, 5) is 44.9. The monoisotopic (exact) mass is 489 g/mol. The van der Waals surface area contributed by atoms with Gasteiger partial charge in [-0.1, -0.05) is 48.5 Å². The van der Waals surface area contributed by atoms with Crippen LogP contribution in [0.4, 0.5) is 14.5 Å². The van der Waals surface area contributed by atoms with Gasteiger partial charge < -0.3 is 10.2 Å². The van der Waals surface area contributed by atoms with Crippen LogP contribution in [-0.2, 0) is 20.8 Å². The molecule has 0 aromatic heterocycles. The number of Topliss-reactive ketones (excluding diaryl/α,β-unsaturated/α-hetero) is 1. The number of benzene rings is 3. The van der Waals surface area contributed by atoms with Gasteiger partial charge in [-0.15, -0.1) is 0 Å². The fourth-order valence-corrected chi connectivity index (χ4v) is 4.19. The number of halogens is 2. The number of hydrogen-bond acceptors (Lipinski definition) is 4. The van der Waals surface area contributed by atoms with Crippen LogP contribution in [0, 0.1) is 11.6 Å². The Morgan fingerprint density at radius 1 is 1.00 bits per heavy atom. The highest BCUT2D eigenvalue weighted by Gasteiger charge is 2.32. The zero-order valence-electron chi connectivity index (χ0n) is 19.9. The van der Waals surface area contributed by atoms with Crippen LogP contribution in [0.2, 0.25) is 0 Å². The molecule has 8 heteroatoms. The van der Waals surface area contributed by atoms with E-state index in [0.29, 0.717) is 11.4 Å². The van der Waals surface area contributed by atoms with Crippen LogP contribution in [0.1, 0.15) is 30.0 Å². The Balaban J connectivity index is 1.53. The van der Waals surface area contributed by atoms with Crippen molar-refractivity contribution in [2.75, 3.05) is 11.9 Å². The molecule has 0 radical (unpaired) electrons. The average Bonchev–Trinajstić information content (AvgIpc) is 2.94. The van der Waals surface area contributed by atoms with Crippen molar-refractivity contribution in [2.45, 2.75) is 31.8 Å². The third kappa shape index (κ3) is 5.54. The molecule has 4 rings (SSSR count). The van der Waals surface area contributed by atoms with E-state index < -0.39 is 29.6 Å². The SMILES string of the molecule is C[C@@H](NC(=O)Cc1cc(F)cc(F)c1)C(=O)C[C@H]1N=C(c2ccccc2)c2ccccc2N(C)C1=O. The summed E-state index contributed by atoms with van der Waals surface area (Å²) in [6, 6.07) is 17.8. The smallest absolute Gasteiger partial charge is 0.252 e. The number of fused-ring (bicyclic) bond motifs is 1. The maximum atomic E-state index is 13.4. The minimum atomic E-state index is -0.984. The van der Waals surface area contributed by atoms with Crippen LogP contribution in [0.3, 0.4) is 0 Å². The molecule has 6 nitrogen and oxygen atoms in total. The Morgan fingerprint density at radius 2 is 1.64 bits per heavy atom. The molecule has 0 saturated carbocycles. The molecule has 1 heterocycles. The number of carbonyl (C=O) groups is 3. The number of para-hydroxylation sites is 1. The van der Waals surface area contributed by atoms with Crippen LogP contribution in [0.15, 0.2) is 77.8 Å². The van der Waals surface area contributed by atoms with Gasteiger partial charge in [0.2, 0.25) is 5.91 Å². The first-order valence-electron chi connectivity index (χ1n) is 11.5. The lowest BCUT2D eigenvalue weighted by molar-refractivity contribution is -0.128. The second kappa shape index (κ2) is 10.6. The summed E-state index contributed by atoms with van der Waals surface area (Å²) < 4.78 is 26.8. The van der Waals surface area contributed by atoms with Gasteiger partial charge in [-0.05, 0) is 30.7 Å². The molecule has 0 spiro atoms. The van der Waals surface area contributed by atoms with E-state index in [2.05, 4.69) is 5.32 Å². The Hall–Kier alpha value is -4.20. The maximum Gasteiger partial charge on any atom is 0.252 e. The van der Waals surface area contributed by atoms with Crippen molar-refractivity contribution < 1.29 is 23.2 Å². The van der Waals surface area contributed by atoms with Crippen molar-refractivity contribution >= 4 is 29.0 Å². The molecule has 36 heavy (non-hydrogen) atoms. The van der Waals surface area contributed by atoms with Gasteiger partial charge >= 0.3 is 0 Å². The standard InChI is InChI=1S/C28H25F2N3O3/c1-17(31-26(35)14-18-12-20(29)15-21(30)13-18)25(34)16-23-28(36)33(2)24-11-7-6-10-22(24)27(32-23)19-8-4-3-5-9-19/h3-13,15,17,23H,14,16H2,1-2H3,(H,31,35)/t17-,23-/m1/s1. The molecule has 0 fully saturated rings. The van der Waals surface area contributed by atoms with Gasteiger partial charge in [0.25, 0.3) is 5.91 Å². The van der Waals surface area contributed by atoms with E-state index in [1.165, 1.54) is 11.8 Å². The maximum absolute atomic E-state index is 13.4. The summed E-state index contributed by atoms with van der Waals surface area (Å²) in [6.07, 6.45) is -0.507. The summed E-state index contributed by atoms with van der Waals surface area (Å²) >= 11 is 0. The molecule has 3 aromatic rings. The van der Waals surface area contributed by atoms with E-state index in [1.807, 2.05) is 54.6 Å². The molecule has 0 saturated heterocycles. The number of anilines is 1. The quantitative estimate of drug-likeness (QED) is 0.548. The first-order valence-corrected chi connectivity index (χ1v) is 11.5. The minimum Gasteiger partial charge on any atom is -0.346 e. The van der Waals surface area contributed by atoms with Crippen molar-refractivity contribution in [1.29, 1.82) is 0 Å². The minimum absolute atomic E-state index is 0.153. The summed E-state index contributed by atoms with van der Waals surface area (Å²) in [5, 5.41) is 2.55. The van der Waals surface area contributed by atoms with Crippen LogP contribution in [-0.4, -0.2) is 42.4 Å². The third-order valence-electron chi connectivity index (χ3n) is 6.01. The fourth-order valence-electron chi connectivity index (χ4n) is 4.19. The molecule has 184 valence electrons. The molecular weight excluding hydrogens is 464 g/mol. The molecule has 0 unspecified atom stereocenters. The van der Waals surface area contributed by atoms with Crippen molar-refractivity contribution in [3.8, 4) is 0 Å². The summed E-state index contributed by atoms with van der Waals surface area (Å²) in [5.74, 6) is -2.86. The number of nitrogens with zero attached hydrogens (tertiary/aromatic N) is 2. The number of nitrogens with one attached hydrogen (secondary N) is 1. The van der Waals surface area contributed by atoms with Gasteiger partial charge in [0.05, 0.1) is 23.9 Å². The highest BCUT2D eigenvalue weighted by atomic mass is 19.1. The lowest BCUT2D eigenvalue weighted by Gasteiger charge is -2.21. The van der Waals surface area contributed by atoms with E-state index in [9.17, 15) is 23.2 Å². The number of likely N-dealkylation sites (N-methyl/N-ethyl adjacent to an activating group) is 1. The predicted molar refractivity (Wildman–Crippen MR) is 133 cm³/mol. The molecule has 1 aliphatic rings. The molecule has 1 N–H and O–H groups in total. The average molecular weight is 490 g/mol. The van der Waals surface area contributed by atoms with Gasteiger partial charge in [0, 0.05) is 30.7 Å². The second-order valence-electron chi connectivity index (χ2n) is 8.69. The number of aliphatic imine (C=N–C) groups is 1. The van der Waals surface area contributed by atoms with Crippen LogP contribution < -0.4 is 10.2 Å². The fraction of sp³-hybridized carbons (Fsp3) is 0.214. The first-order chi connectivity index (χ1) is 17.2. The molecule has 3 aromatic carbocycles. The zero-order valence-corrected chi connectivity index (χ0v) is 19.9. The topological polar surface area (TPSA) is 78.8 Å². The van der Waals surface area contributed by atoms with Crippen molar-refractivity contribution in [3.05, 3.63) is 101 Å². The predicted octanol–water partition coefficient (Wildman–Crippen LogP) is 3.85. The first kappa shape index (κ1) is 24.9. The number of carbonyl (C=O) groups excluding carboxylic acids is 3. The Bertz CT molecular complexity index is 1320. The number of benzodiazepines with no additional fused rings is 1. The van der Waals surface area contributed by atoms with E-state index in [0.717, 1.165) is 29.3 Å². The zero-order chi connectivity index (χ0) is 25.8. The lowest BCUT2D eigenvalue weighted by Crippen LogP contribution is -2.43. The van der Waals surface area contributed by atoms with Crippen molar-refractivity contribution in [2.24, 2.45) is 4.99 Å². The summed E-state index contributed by atoms with van der Waals surface area (Å²) in [6.45, 7) is 1.51. The third-order valence-corrected chi connectivity index (χ3v) is 6.01. The number of rotatable bonds is 7. The van der Waals surface area contributed by atoms with Crippen molar-refractivity contribution in [3.63, 3.8) is 0 Å². The summed E-state index contributed by atoms with van der Waals surface area (Å²) in [5.41, 5.74) is 3.03. The Kier molecular flexibility index (Phi) is 7.33. The lowest BCUT2D eigenvalue weighted by atomic mass is 10.00. The van der Waals surface area contributed by atoms with Crippen LogP contribution in [0.5, 0.6) is 0 Å². The number of amides is 2. The van der Waals surface area contributed by atoms with Crippen LogP contribution in [0.25, 0.3) is 0 Å². The summed E-state index contributed by atoms with van der Waals surface area (Å²) in [7, 11) is 1.64. The van der Waals surface area contributed by atoms with E-state index in [-0.39, 0.29) is 30.1 Å². The highest BCUT2D eigenvalue weighted by Crippen LogP contribution is 2.28. The number of hydrogen-bond donors (Lipinski definition) is 1. The van der Waals surface area contributed by atoms with Gasteiger partial charge in [-0.2, -0.15) is 0 Å². The molecule has 2 amide bonds. The normalized spacial score (nSPS) is 16.0. The van der Waals surface area contributed by atoms with Gasteiger partial charge in [0.15, 0.2) is 5.78 Å². The van der Waals surface area contributed by atoms with Gasteiger partial charge in [-0.25, -0.2) is 8.78 Å². The van der Waals surface area contributed by atoms with Crippen LogP contribution >= 0.6 is 0 Å². The highest BCUT2D eigenvalue weighted by molar-refractivity contribution is 6.20. The number of ketones is 1. The molecular formula is C28H25F2N3O3. The van der Waals surface area contributed by atoms with Gasteiger partial charge in [0.1, 0.15) is 17.7 Å². The van der Waals surface area contributed by atoms with E-state index >= 15 is 0 Å². The molecule has 1 aliphatic heterocycles. The largest absolute Gasteiger partial charge is 0.346 e. The van der Waals surface area contributed by atoms with Crippen molar-refractivity contribution in [1.82, 2.24) is 5.32 Å². The molecule has 0 bridgehead atoms. The Labute approximate surface area is 207 Å². The second-order valence-corrected chi connectivity index (χ2v) is 8.69. The molecule has 2 atom stereocenters. The molecule has 0 aliphatic carbocycles. The van der Waals surface area contributed by atoms with Gasteiger partial charge in [-0.3, -0.25) is 19.4 Å². The Morgan fingerprint density at radius 3 is 2.33 bits per heavy atom.